The molecular weight excluding hydrogens is 290 g/mol. The Hall–Kier alpha value is -1.87. The van der Waals surface area contributed by atoms with Crippen LogP contribution in [0.2, 0.25) is 0 Å². The van der Waals surface area contributed by atoms with Gasteiger partial charge >= 0.3 is 0 Å². The summed E-state index contributed by atoms with van der Waals surface area (Å²) in [4.78, 5) is 0. The Bertz CT molecular complexity index is 666. The summed E-state index contributed by atoms with van der Waals surface area (Å²) in [6.45, 7) is 8.15. The molecule has 0 saturated heterocycles. The number of methoxy groups -OCH3 is 1. The van der Waals surface area contributed by atoms with E-state index in [9.17, 15) is 0 Å². The Morgan fingerprint density at radius 3 is 2.59 bits per heavy atom. The van der Waals surface area contributed by atoms with Crippen molar-refractivity contribution in [2.75, 3.05) is 18.6 Å². The van der Waals surface area contributed by atoms with E-state index in [1.54, 1.807) is 18.9 Å². The van der Waals surface area contributed by atoms with Crippen LogP contribution >= 0.6 is 11.8 Å². The second-order valence-electron chi connectivity index (χ2n) is 5.42. The summed E-state index contributed by atoms with van der Waals surface area (Å²) in [6, 6.07) is 14.7. The molecule has 0 aliphatic heterocycles. The number of benzene rings is 2. The van der Waals surface area contributed by atoms with Crippen LogP contribution in [-0.4, -0.2) is 12.9 Å². The summed E-state index contributed by atoms with van der Waals surface area (Å²) in [5, 5.41) is 0.174. The molecule has 0 aromatic heterocycles. The predicted octanol–water partition coefficient (Wildman–Crippen LogP) is 4.87. The molecule has 3 heteroatoms. The molecule has 0 aliphatic rings. The van der Waals surface area contributed by atoms with E-state index in [4.69, 9.17) is 10.5 Å². The molecule has 2 rings (SSSR count). The third-order valence-electron chi connectivity index (χ3n) is 3.70. The maximum Gasteiger partial charge on any atom is 0.0983 e. The van der Waals surface area contributed by atoms with Gasteiger partial charge in [-0.2, -0.15) is 0 Å². The van der Waals surface area contributed by atoms with Crippen molar-refractivity contribution in [2.24, 2.45) is 0 Å². The third kappa shape index (κ3) is 3.86. The number of ether oxygens (including phenoxy) is 1. The highest BCUT2D eigenvalue weighted by Crippen LogP contribution is 2.40. The van der Waals surface area contributed by atoms with Crippen LogP contribution in [0.25, 0.3) is 0 Å². The normalized spacial score (nSPS) is 12.0. The largest absolute Gasteiger partial charge is 0.501 e. The van der Waals surface area contributed by atoms with Crippen LogP contribution in [0.1, 0.15) is 27.5 Å². The minimum absolute atomic E-state index is 0.174. The smallest absolute Gasteiger partial charge is 0.0983 e. The van der Waals surface area contributed by atoms with Gasteiger partial charge < -0.3 is 10.5 Å². The van der Waals surface area contributed by atoms with Gasteiger partial charge in [0.1, 0.15) is 0 Å². The van der Waals surface area contributed by atoms with Gasteiger partial charge in [-0.05, 0) is 36.6 Å². The van der Waals surface area contributed by atoms with Gasteiger partial charge in [-0.15, -0.1) is 11.8 Å². The number of hydrogen-bond donors (Lipinski definition) is 1. The fraction of sp³-hybridized carbons (Fsp3) is 0.263. The van der Waals surface area contributed by atoms with Gasteiger partial charge in [-0.25, -0.2) is 0 Å². The molecule has 116 valence electrons. The van der Waals surface area contributed by atoms with E-state index in [0.29, 0.717) is 0 Å². The maximum absolute atomic E-state index is 6.25. The zero-order valence-corrected chi connectivity index (χ0v) is 14.2. The fourth-order valence-electron chi connectivity index (χ4n) is 2.38. The van der Waals surface area contributed by atoms with Crippen LogP contribution in [0.4, 0.5) is 5.69 Å². The van der Waals surface area contributed by atoms with Gasteiger partial charge in [0.05, 0.1) is 23.9 Å². The molecule has 22 heavy (non-hydrogen) atoms. The average Bonchev–Trinajstić information content (AvgIpc) is 2.52. The van der Waals surface area contributed by atoms with Crippen LogP contribution in [0, 0.1) is 13.8 Å². The van der Waals surface area contributed by atoms with Crippen molar-refractivity contribution in [2.45, 2.75) is 19.1 Å². The molecule has 2 aromatic carbocycles. The van der Waals surface area contributed by atoms with E-state index in [1.165, 1.54) is 16.7 Å². The molecule has 0 aliphatic carbocycles. The molecule has 2 N–H and O–H groups in total. The lowest BCUT2D eigenvalue weighted by atomic mass is 9.97. The standard InChI is InChI=1S/C19H23NOS/c1-13-9-10-18(20)17(11-13)19(22-12-15(3)21-4)16-8-6-5-7-14(16)2/h5-11,19H,3,12,20H2,1-2,4H3. The number of anilines is 1. The molecule has 0 bridgehead atoms. The van der Waals surface area contributed by atoms with Crippen molar-refractivity contribution < 1.29 is 4.74 Å². The highest BCUT2D eigenvalue weighted by molar-refractivity contribution is 7.99. The second-order valence-corrected chi connectivity index (χ2v) is 6.52. The molecule has 1 unspecified atom stereocenters. The summed E-state index contributed by atoms with van der Waals surface area (Å²) >= 11 is 1.79. The lowest BCUT2D eigenvalue weighted by Crippen LogP contribution is -2.05. The first kappa shape index (κ1) is 16.5. The summed E-state index contributed by atoms with van der Waals surface area (Å²) in [7, 11) is 1.66. The van der Waals surface area contributed by atoms with Crippen LogP contribution in [0.5, 0.6) is 0 Å². The molecule has 0 saturated carbocycles. The van der Waals surface area contributed by atoms with Crippen molar-refractivity contribution in [3.63, 3.8) is 0 Å². The Morgan fingerprint density at radius 1 is 1.18 bits per heavy atom. The third-order valence-corrected chi connectivity index (χ3v) is 5.03. The molecule has 0 fully saturated rings. The molecular formula is C19H23NOS. The average molecular weight is 313 g/mol. The number of thioether (sulfide) groups is 1. The van der Waals surface area contributed by atoms with Gasteiger partial charge in [0.15, 0.2) is 0 Å². The van der Waals surface area contributed by atoms with E-state index >= 15 is 0 Å². The Labute approximate surface area is 137 Å². The van der Waals surface area contributed by atoms with E-state index in [0.717, 1.165) is 22.8 Å². The topological polar surface area (TPSA) is 35.2 Å². The molecule has 2 nitrogen and oxygen atoms in total. The minimum atomic E-state index is 0.174. The number of aryl methyl sites for hydroxylation is 2. The monoisotopic (exact) mass is 313 g/mol. The summed E-state index contributed by atoms with van der Waals surface area (Å²) in [6.07, 6.45) is 0. The number of rotatable bonds is 6. The lowest BCUT2D eigenvalue weighted by Gasteiger charge is -2.22. The second kappa shape index (κ2) is 7.41. The van der Waals surface area contributed by atoms with Gasteiger partial charge in [0.2, 0.25) is 0 Å². The highest BCUT2D eigenvalue weighted by Gasteiger charge is 2.19. The number of nitrogen functional groups attached to an aromatic ring is 1. The molecule has 0 amide bonds. The van der Waals surface area contributed by atoms with E-state index in [2.05, 4.69) is 50.8 Å². The summed E-state index contributed by atoms with van der Waals surface area (Å²) in [5.41, 5.74) is 12.0. The number of hydrogen-bond acceptors (Lipinski definition) is 3. The number of nitrogens with two attached hydrogens (primary N) is 1. The van der Waals surface area contributed by atoms with Gasteiger partial charge in [0, 0.05) is 5.69 Å². The zero-order valence-electron chi connectivity index (χ0n) is 13.4. The Balaban J connectivity index is 2.43. The summed E-state index contributed by atoms with van der Waals surface area (Å²) < 4.78 is 5.21. The molecule has 1 atom stereocenters. The first-order valence-electron chi connectivity index (χ1n) is 7.28. The molecule has 0 radical (unpaired) electrons. The molecule has 0 spiro atoms. The minimum Gasteiger partial charge on any atom is -0.501 e. The van der Waals surface area contributed by atoms with Crippen molar-refractivity contribution >= 4 is 17.4 Å². The van der Waals surface area contributed by atoms with E-state index < -0.39 is 0 Å². The quantitative estimate of drug-likeness (QED) is 0.610. The predicted molar refractivity (Wildman–Crippen MR) is 97.2 cm³/mol. The van der Waals surface area contributed by atoms with Crippen LogP contribution in [0.3, 0.4) is 0 Å². The first-order valence-corrected chi connectivity index (χ1v) is 8.32. The lowest BCUT2D eigenvalue weighted by molar-refractivity contribution is 0.298. The first-order chi connectivity index (χ1) is 10.5. The van der Waals surface area contributed by atoms with Crippen molar-refractivity contribution in [1.82, 2.24) is 0 Å². The van der Waals surface area contributed by atoms with Crippen molar-refractivity contribution in [1.29, 1.82) is 0 Å². The Kier molecular flexibility index (Phi) is 5.56. The van der Waals surface area contributed by atoms with Gasteiger partial charge in [-0.3, -0.25) is 0 Å². The SMILES string of the molecule is C=C(CSC(c1ccccc1C)c1cc(C)ccc1N)OC. The van der Waals surface area contributed by atoms with Crippen molar-refractivity contribution in [3.05, 3.63) is 77.1 Å². The zero-order chi connectivity index (χ0) is 16.1. The van der Waals surface area contributed by atoms with Crippen LogP contribution in [0.15, 0.2) is 54.8 Å². The molecule has 0 heterocycles. The Morgan fingerprint density at radius 2 is 1.91 bits per heavy atom. The highest BCUT2D eigenvalue weighted by atomic mass is 32.2. The van der Waals surface area contributed by atoms with Crippen LogP contribution in [-0.2, 0) is 4.74 Å². The fourth-order valence-corrected chi connectivity index (χ4v) is 3.68. The van der Waals surface area contributed by atoms with E-state index in [1.807, 2.05) is 12.1 Å². The van der Waals surface area contributed by atoms with E-state index in [-0.39, 0.29) is 5.25 Å². The molecule has 2 aromatic rings. The van der Waals surface area contributed by atoms with Crippen LogP contribution < -0.4 is 5.73 Å². The van der Waals surface area contributed by atoms with Crippen molar-refractivity contribution in [3.8, 4) is 0 Å². The van der Waals surface area contributed by atoms with Gasteiger partial charge in [-0.1, -0.05) is 48.5 Å². The maximum atomic E-state index is 6.25. The van der Waals surface area contributed by atoms with Gasteiger partial charge in [0.25, 0.3) is 0 Å². The summed E-state index contributed by atoms with van der Waals surface area (Å²) in [5.74, 6) is 1.51.